The van der Waals surface area contributed by atoms with E-state index in [0.29, 0.717) is 22.8 Å². The van der Waals surface area contributed by atoms with Crippen LogP contribution >= 0.6 is 0 Å². The van der Waals surface area contributed by atoms with Crippen molar-refractivity contribution in [1.29, 1.82) is 0 Å². The third kappa shape index (κ3) is 4.03. The predicted octanol–water partition coefficient (Wildman–Crippen LogP) is 5.56. The van der Waals surface area contributed by atoms with Gasteiger partial charge in [-0.25, -0.2) is 4.98 Å². The maximum absolute atomic E-state index is 13.0. The summed E-state index contributed by atoms with van der Waals surface area (Å²) in [6, 6.07) is 17.7. The monoisotopic (exact) mass is 442 g/mol. The van der Waals surface area contributed by atoms with Crippen LogP contribution in [0.4, 0.5) is 17.1 Å². The summed E-state index contributed by atoms with van der Waals surface area (Å²) in [6.45, 7) is 3.45. The average molecular weight is 442 g/mol. The second kappa shape index (κ2) is 8.38. The van der Waals surface area contributed by atoms with Crippen LogP contribution in [0.15, 0.2) is 65.1 Å². The molecule has 33 heavy (non-hydrogen) atoms. The number of nitro benzene ring substituents is 1. The Morgan fingerprint density at radius 1 is 1.09 bits per heavy atom. The molecule has 5 rings (SSSR count). The number of benzene rings is 3. The Hall–Kier alpha value is -4.20. The molecule has 3 aromatic carbocycles. The summed E-state index contributed by atoms with van der Waals surface area (Å²) < 4.78 is 5.84. The molecule has 1 aliphatic heterocycles. The zero-order valence-electron chi connectivity index (χ0n) is 18.1. The molecule has 8 nitrogen and oxygen atoms in total. The van der Waals surface area contributed by atoms with Crippen molar-refractivity contribution in [2.45, 2.75) is 19.8 Å². The molecule has 1 N–H and O–H groups in total. The van der Waals surface area contributed by atoms with E-state index in [9.17, 15) is 14.9 Å². The fraction of sp³-hybridized carbons (Fsp3) is 0.200. The molecule has 1 amide bonds. The second-order valence-electron chi connectivity index (χ2n) is 8.13. The van der Waals surface area contributed by atoms with Crippen LogP contribution in [0.3, 0.4) is 0 Å². The summed E-state index contributed by atoms with van der Waals surface area (Å²) >= 11 is 0. The molecule has 0 radical (unpaired) electrons. The molecule has 0 bridgehead atoms. The number of oxazole rings is 1. The van der Waals surface area contributed by atoms with Crippen LogP contribution in [0, 0.1) is 17.0 Å². The first-order valence-electron chi connectivity index (χ1n) is 10.8. The minimum absolute atomic E-state index is 0.0542. The Labute approximate surface area is 190 Å². The van der Waals surface area contributed by atoms with Crippen molar-refractivity contribution < 1.29 is 14.1 Å². The van der Waals surface area contributed by atoms with Crippen molar-refractivity contribution in [3.05, 3.63) is 81.9 Å². The highest BCUT2D eigenvalue weighted by atomic mass is 16.6. The molecule has 0 atom stereocenters. The number of amides is 1. The molecule has 4 aromatic rings. The molecule has 0 spiro atoms. The fourth-order valence-electron chi connectivity index (χ4n) is 4.12. The Bertz CT molecular complexity index is 1340. The maximum atomic E-state index is 13.0. The van der Waals surface area contributed by atoms with Crippen molar-refractivity contribution in [1.82, 2.24) is 4.98 Å². The van der Waals surface area contributed by atoms with Crippen molar-refractivity contribution in [2.75, 3.05) is 23.3 Å². The predicted molar refractivity (Wildman–Crippen MR) is 127 cm³/mol. The number of nitrogens with zero attached hydrogens (tertiary/aromatic N) is 3. The van der Waals surface area contributed by atoms with Gasteiger partial charge in [-0.1, -0.05) is 18.2 Å². The number of carbonyl (C=O) groups is 1. The van der Waals surface area contributed by atoms with Gasteiger partial charge in [-0.15, -0.1) is 0 Å². The highest BCUT2D eigenvalue weighted by molar-refractivity contribution is 6.05. The summed E-state index contributed by atoms with van der Waals surface area (Å²) in [5, 5.41) is 14.6. The van der Waals surface area contributed by atoms with Gasteiger partial charge < -0.3 is 14.6 Å². The van der Waals surface area contributed by atoms with Gasteiger partial charge in [-0.2, -0.15) is 0 Å². The van der Waals surface area contributed by atoms with Crippen LogP contribution < -0.4 is 10.2 Å². The third-order valence-corrected chi connectivity index (χ3v) is 5.91. The Morgan fingerprint density at radius 3 is 2.64 bits per heavy atom. The van der Waals surface area contributed by atoms with Gasteiger partial charge in [-0.3, -0.25) is 14.9 Å². The summed E-state index contributed by atoms with van der Waals surface area (Å²) in [5.41, 5.74) is 4.34. The van der Waals surface area contributed by atoms with Gasteiger partial charge in [0.05, 0.1) is 4.92 Å². The largest absolute Gasteiger partial charge is 0.436 e. The van der Waals surface area contributed by atoms with Crippen molar-refractivity contribution in [3.63, 3.8) is 0 Å². The Kier molecular flexibility index (Phi) is 5.26. The SMILES string of the molecule is Cc1ccc(-c2nc3ccccc3o2)cc1NC(=O)c1ccc(N2CCCC2)c([N+](=O)[O-])c1. The molecule has 2 heterocycles. The lowest BCUT2D eigenvalue weighted by molar-refractivity contribution is -0.384. The maximum Gasteiger partial charge on any atom is 0.293 e. The normalized spacial score (nSPS) is 13.4. The first-order chi connectivity index (χ1) is 16.0. The number of rotatable bonds is 5. The molecule has 1 aliphatic rings. The van der Waals surface area contributed by atoms with E-state index in [-0.39, 0.29) is 11.3 Å². The summed E-state index contributed by atoms with van der Waals surface area (Å²) in [7, 11) is 0. The molecule has 8 heteroatoms. The number of hydrogen-bond acceptors (Lipinski definition) is 6. The van der Waals surface area contributed by atoms with Crippen LogP contribution in [0.1, 0.15) is 28.8 Å². The number of carbonyl (C=O) groups excluding carboxylic acids is 1. The smallest absolute Gasteiger partial charge is 0.293 e. The van der Waals surface area contributed by atoms with Crippen molar-refractivity contribution >= 4 is 34.1 Å². The summed E-state index contributed by atoms with van der Waals surface area (Å²) in [5.74, 6) is 0.0428. The number of nitro groups is 1. The lowest BCUT2D eigenvalue weighted by Gasteiger charge is -2.18. The van der Waals surface area contributed by atoms with E-state index in [0.717, 1.165) is 42.6 Å². The van der Waals surface area contributed by atoms with Crippen LogP contribution in [0.2, 0.25) is 0 Å². The van der Waals surface area contributed by atoms with Crippen molar-refractivity contribution in [3.8, 4) is 11.5 Å². The molecular formula is C25H22N4O4. The standard InChI is InChI=1S/C25H22N4O4/c1-16-8-9-18(25-27-19-6-2-3-7-23(19)33-25)14-20(16)26-24(30)17-10-11-21(22(15-17)29(31)32)28-12-4-5-13-28/h2-3,6-11,14-15H,4-5,12-13H2,1H3,(H,26,30). The van der Waals surface area contributed by atoms with Gasteiger partial charge in [0.25, 0.3) is 11.6 Å². The number of aromatic nitrogens is 1. The average Bonchev–Trinajstić information content (AvgIpc) is 3.50. The first kappa shape index (κ1) is 20.7. The highest BCUT2D eigenvalue weighted by Crippen LogP contribution is 2.32. The Balaban J connectivity index is 1.43. The van der Waals surface area contributed by atoms with E-state index in [2.05, 4.69) is 10.3 Å². The minimum Gasteiger partial charge on any atom is -0.436 e. The Morgan fingerprint density at radius 2 is 1.88 bits per heavy atom. The lowest BCUT2D eigenvalue weighted by atomic mass is 10.1. The quantitative estimate of drug-likeness (QED) is 0.321. The molecule has 0 saturated carbocycles. The van der Waals surface area contributed by atoms with E-state index in [1.54, 1.807) is 18.2 Å². The number of hydrogen-bond donors (Lipinski definition) is 1. The first-order valence-corrected chi connectivity index (χ1v) is 10.8. The molecule has 1 saturated heterocycles. The molecule has 166 valence electrons. The fourth-order valence-corrected chi connectivity index (χ4v) is 4.12. The summed E-state index contributed by atoms with van der Waals surface area (Å²) in [6.07, 6.45) is 2.02. The van der Waals surface area contributed by atoms with E-state index < -0.39 is 10.8 Å². The van der Waals surface area contributed by atoms with Crippen LogP contribution in [-0.2, 0) is 0 Å². The van der Waals surface area contributed by atoms with Crippen molar-refractivity contribution in [2.24, 2.45) is 0 Å². The highest BCUT2D eigenvalue weighted by Gasteiger charge is 2.24. The molecule has 1 aromatic heterocycles. The second-order valence-corrected chi connectivity index (χ2v) is 8.13. The third-order valence-electron chi connectivity index (χ3n) is 5.91. The van der Waals surface area contributed by atoms with E-state index in [1.165, 1.54) is 6.07 Å². The van der Waals surface area contributed by atoms with E-state index in [1.807, 2.05) is 48.2 Å². The molecule has 1 fully saturated rings. The van der Waals surface area contributed by atoms with Gasteiger partial charge in [-0.05, 0) is 61.7 Å². The summed E-state index contributed by atoms with van der Waals surface area (Å²) in [4.78, 5) is 30.7. The minimum atomic E-state index is -0.427. The van der Waals surface area contributed by atoms with E-state index >= 15 is 0 Å². The molecule has 0 unspecified atom stereocenters. The van der Waals surface area contributed by atoms with Crippen LogP contribution in [0.25, 0.3) is 22.6 Å². The van der Waals surface area contributed by atoms with Gasteiger partial charge in [0.2, 0.25) is 5.89 Å². The van der Waals surface area contributed by atoms with Gasteiger partial charge in [0.15, 0.2) is 5.58 Å². The van der Waals surface area contributed by atoms with Gasteiger partial charge in [0.1, 0.15) is 11.2 Å². The lowest BCUT2D eigenvalue weighted by Crippen LogP contribution is -2.20. The number of fused-ring (bicyclic) bond motifs is 1. The van der Waals surface area contributed by atoms with Crippen LogP contribution in [-0.4, -0.2) is 28.9 Å². The van der Waals surface area contributed by atoms with Gasteiger partial charge in [0, 0.05) is 36.0 Å². The molecule has 0 aliphatic carbocycles. The van der Waals surface area contributed by atoms with Crippen LogP contribution in [0.5, 0.6) is 0 Å². The number of aryl methyl sites for hydroxylation is 1. The number of anilines is 2. The van der Waals surface area contributed by atoms with E-state index in [4.69, 9.17) is 4.42 Å². The zero-order valence-corrected chi connectivity index (χ0v) is 18.1. The number of para-hydroxylation sites is 2. The number of nitrogens with one attached hydrogen (secondary N) is 1. The zero-order chi connectivity index (χ0) is 22.9. The topological polar surface area (TPSA) is 102 Å². The van der Waals surface area contributed by atoms with Gasteiger partial charge >= 0.3 is 0 Å². The molecular weight excluding hydrogens is 420 g/mol.